The molecule has 1 amide bonds. The molecule has 3 aromatic carbocycles. The summed E-state index contributed by atoms with van der Waals surface area (Å²) in [6.45, 7) is 4.03. The van der Waals surface area contributed by atoms with Crippen molar-refractivity contribution >= 4 is 75.3 Å². The Labute approximate surface area is 243 Å². The Bertz CT molecular complexity index is 1660. The minimum atomic E-state index is -0.406. The molecule has 0 unspecified atom stereocenters. The van der Waals surface area contributed by atoms with Crippen molar-refractivity contribution in [1.82, 2.24) is 9.88 Å². The van der Waals surface area contributed by atoms with Crippen molar-refractivity contribution in [3.05, 3.63) is 115 Å². The van der Waals surface area contributed by atoms with E-state index in [-0.39, 0.29) is 11.6 Å². The van der Waals surface area contributed by atoms with Crippen molar-refractivity contribution < 1.29 is 9.72 Å². The molecule has 0 bridgehead atoms. The first-order valence-electron chi connectivity index (χ1n) is 11.6. The number of amidine groups is 1. The van der Waals surface area contributed by atoms with Gasteiger partial charge >= 0.3 is 0 Å². The number of rotatable bonds is 6. The van der Waals surface area contributed by atoms with Gasteiger partial charge in [0.05, 0.1) is 25.6 Å². The summed E-state index contributed by atoms with van der Waals surface area (Å²) in [7, 11) is 0. The SMILES string of the molecule is Cc1cc(/C=C2/SC(=Nc3cccc(Cl)c3Cl)NC2=O)c(C)n1-c1ccc(Sc2ccc([N+](=O)[O-])cc2)cc1. The topological polar surface area (TPSA) is 89.5 Å². The van der Waals surface area contributed by atoms with Crippen LogP contribution >= 0.6 is 46.7 Å². The zero-order valence-electron chi connectivity index (χ0n) is 20.6. The number of hydrogen-bond acceptors (Lipinski definition) is 6. The van der Waals surface area contributed by atoms with Crippen LogP contribution < -0.4 is 5.32 Å². The van der Waals surface area contributed by atoms with E-state index in [9.17, 15) is 14.9 Å². The number of nitro groups is 1. The standard InChI is InChI=1S/C28H20Cl2N4O3S2/c1-16-14-18(15-25-27(35)32-28(39-25)31-24-5-3-4-23(29)26(24)30)17(2)33(16)19-6-10-21(11-7-19)38-22-12-8-20(9-13-22)34(36)37/h3-15H,1-2H3,(H,31,32,35)/b25-15+. The van der Waals surface area contributed by atoms with Crippen molar-refractivity contribution in [2.24, 2.45) is 4.99 Å². The Kier molecular flexibility index (Phi) is 7.86. The number of thioether (sulfide) groups is 1. The Morgan fingerprint density at radius 1 is 1.03 bits per heavy atom. The van der Waals surface area contributed by atoms with Crippen molar-refractivity contribution in [2.75, 3.05) is 0 Å². The lowest BCUT2D eigenvalue weighted by Crippen LogP contribution is -2.19. The predicted molar refractivity (Wildman–Crippen MR) is 160 cm³/mol. The highest BCUT2D eigenvalue weighted by Gasteiger charge is 2.25. The lowest BCUT2D eigenvalue weighted by Gasteiger charge is -2.11. The van der Waals surface area contributed by atoms with Gasteiger partial charge in [-0.2, -0.15) is 0 Å². The molecule has 0 aliphatic carbocycles. The van der Waals surface area contributed by atoms with E-state index in [2.05, 4.69) is 14.9 Å². The summed E-state index contributed by atoms with van der Waals surface area (Å²) in [5, 5.41) is 14.8. The second kappa shape index (κ2) is 11.3. The average Bonchev–Trinajstić information content (AvgIpc) is 3.40. The second-order valence-corrected chi connectivity index (χ2v) is 11.5. The van der Waals surface area contributed by atoms with E-state index in [1.165, 1.54) is 35.7 Å². The molecule has 1 N–H and O–H groups in total. The summed E-state index contributed by atoms with van der Waals surface area (Å²) in [5.74, 6) is -0.227. The van der Waals surface area contributed by atoms with Crippen molar-refractivity contribution in [1.29, 1.82) is 0 Å². The van der Waals surface area contributed by atoms with Crippen LogP contribution in [0.2, 0.25) is 10.0 Å². The Balaban J connectivity index is 1.35. The summed E-state index contributed by atoms with van der Waals surface area (Å²) in [4.78, 5) is 30.1. The number of nitrogens with one attached hydrogen (secondary N) is 1. The second-order valence-electron chi connectivity index (χ2n) is 8.56. The normalized spacial score (nSPS) is 15.2. The van der Waals surface area contributed by atoms with Gasteiger partial charge in [0.25, 0.3) is 11.6 Å². The zero-order valence-corrected chi connectivity index (χ0v) is 23.8. The fourth-order valence-electron chi connectivity index (χ4n) is 4.08. The molecule has 7 nitrogen and oxygen atoms in total. The lowest BCUT2D eigenvalue weighted by atomic mass is 10.2. The molecule has 1 fully saturated rings. The molecule has 0 radical (unpaired) electrons. The zero-order chi connectivity index (χ0) is 27.7. The summed E-state index contributed by atoms with van der Waals surface area (Å²) in [5.41, 5.74) is 4.49. The monoisotopic (exact) mass is 594 g/mol. The Hall–Kier alpha value is -3.50. The molecule has 0 atom stereocenters. The molecule has 0 spiro atoms. The molecule has 1 saturated heterocycles. The Morgan fingerprint density at radius 2 is 1.69 bits per heavy atom. The van der Waals surface area contributed by atoms with Gasteiger partial charge in [0.15, 0.2) is 5.17 Å². The molecular formula is C28H20Cl2N4O3S2. The molecule has 0 saturated carbocycles. The highest BCUT2D eigenvalue weighted by atomic mass is 35.5. The number of halogens is 2. The van der Waals surface area contributed by atoms with Crippen LogP contribution in [0, 0.1) is 24.0 Å². The highest BCUT2D eigenvalue weighted by molar-refractivity contribution is 8.18. The molecule has 2 heterocycles. The number of aromatic nitrogens is 1. The third-order valence-electron chi connectivity index (χ3n) is 5.94. The quantitative estimate of drug-likeness (QED) is 0.138. The number of aliphatic imine (C=N–C) groups is 1. The maximum Gasteiger partial charge on any atom is 0.269 e. The highest BCUT2D eigenvalue weighted by Crippen LogP contribution is 2.35. The summed E-state index contributed by atoms with van der Waals surface area (Å²) >= 11 is 15.1. The average molecular weight is 596 g/mol. The van der Waals surface area contributed by atoms with Gasteiger partial charge < -0.3 is 9.88 Å². The predicted octanol–water partition coefficient (Wildman–Crippen LogP) is 8.35. The van der Waals surface area contributed by atoms with Crippen LogP contribution in [-0.2, 0) is 4.79 Å². The number of carbonyl (C=O) groups is 1. The van der Waals surface area contributed by atoms with Gasteiger partial charge in [0.1, 0.15) is 0 Å². The Morgan fingerprint density at radius 3 is 2.36 bits per heavy atom. The van der Waals surface area contributed by atoms with Crippen molar-refractivity contribution in [3.63, 3.8) is 0 Å². The van der Waals surface area contributed by atoms with Gasteiger partial charge in [-0.3, -0.25) is 14.9 Å². The molecule has 196 valence electrons. The van der Waals surface area contributed by atoms with E-state index in [1.54, 1.807) is 30.3 Å². The van der Waals surface area contributed by atoms with Crippen LogP contribution in [0.4, 0.5) is 11.4 Å². The maximum atomic E-state index is 12.7. The number of amides is 1. The smallest absolute Gasteiger partial charge is 0.269 e. The summed E-state index contributed by atoms with van der Waals surface area (Å²) in [6, 6.07) is 21.8. The van der Waals surface area contributed by atoms with Crippen LogP contribution in [-0.4, -0.2) is 20.6 Å². The van der Waals surface area contributed by atoms with Gasteiger partial charge in [-0.1, -0.05) is 41.0 Å². The lowest BCUT2D eigenvalue weighted by molar-refractivity contribution is -0.384. The van der Waals surface area contributed by atoms with Crippen LogP contribution in [0.25, 0.3) is 11.8 Å². The number of aryl methyl sites for hydroxylation is 1. The minimum Gasteiger partial charge on any atom is -0.318 e. The van der Waals surface area contributed by atoms with E-state index in [0.29, 0.717) is 25.8 Å². The van der Waals surface area contributed by atoms with E-state index >= 15 is 0 Å². The summed E-state index contributed by atoms with van der Waals surface area (Å²) in [6.07, 6.45) is 1.86. The van der Waals surface area contributed by atoms with Crippen molar-refractivity contribution in [2.45, 2.75) is 23.6 Å². The molecule has 5 rings (SSSR count). The number of hydrogen-bond donors (Lipinski definition) is 1. The van der Waals surface area contributed by atoms with Crippen LogP contribution in [0.3, 0.4) is 0 Å². The summed E-state index contributed by atoms with van der Waals surface area (Å²) < 4.78 is 2.13. The first-order valence-corrected chi connectivity index (χ1v) is 14.0. The van der Waals surface area contributed by atoms with Gasteiger partial charge in [0, 0.05) is 39.0 Å². The minimum absolute atomic E-state index is 0.0709. The molecule has 11 heteroatoms. The number of non-ortho nitro benzene ring substituents is 1. The van der Waals surface area contributed by atoms with Gasteiger partial charge in [-0.15, -0.1) is 0 Å². The molecule has 1 aromatic heterocycles. The molecule has 1 aliphatic heterocycles. The molecule has 39 heavy (non-hydrogen) atoms. The molecule has 1 aliphatic rings. The van der Waals surface area contributed by atoms with Gasteiger partial charge in [0.2, 0.25) is 0 Å². The fourth-order valence-corrected chi connectivity index (χ4v) is 6.06. The maximum absolute atomic E-state index is 12.7. The van der Waals surface area contributed by atoms with Crippen LogP contribution in [0.1, 0.15) is 17.0 Å². The fraction of sp³-hybridized carbons (Fsp3) is 0.0714. The van der Waals surface area contributed by atoms with Crippen LogP contribution in [0.5, 0.6) is 0 Å². The third kappa shape index (κ3) is 5.91. The van der Waals surface area contributed by atoms with Crippen LogP contribution in [0.15, 0.2) is 92.5 Å². The molecule has 4 aromatic rings. The van der Waals surface area contributed by atoms with E-state index in [4.69, 9.17) is 23.2 Å². The van der Waals surface area contributed by atoms with Gasteiger partial charge in [-0.25, -0.2) is 4.99 Å². The number of carbonyl (C=O) groups excluding carboxylic acids is 1. The van der Waals surface area contributed by atoms with Gasteiger partial charge in [-0.05, 0) is 91.8 Å². The largest absolute Gasteiger partial charge is 0.318 e. The molecular weight excluding hydrogens is 575 g/mol. The third-order valence-corrected chi connectivity index (χ3v) is 8.67. The number of nitro benzene ring substituents is 1. The van der Waals surface area contributed by atoms with E-state index in [0.717, 1.165) is 32.4 Å². The first-order chi connectivity index (χ1) is 18.7. The first kappa shape index (κ1) is 27.1. The number of nitrogens with zero attached hydrogens (tertiary/aromatic N) is 3. The van der Waals surface area contributed by atoms with E-state index in [1.807, 2.05) is 50.3 Å². The van der Waals surface area contributed by atoms with Crippen molar-refractivity contribution in [3.8, 4) is 5.69 Å². The number of benzene rings is 3. The van der Waals surface area contributed by atoms with E-state index < -0.39 is 4.92 Å².